The van der Waals surface area contributed by atoms with Crippen LogP contribution in [0.3, 0.4) is 0 Å². The van der Waals surface area contributed by atoms with Crippen molar-refractivity contribution in [2.75, 3.05) is 0 Å². The summed E-state index contributed by atoms with van der Waals surface area (Å²) in [6.45, 7) is 0.268. The highest BCUT2D eigenvalue weighted by molar-refractivity contribution is 6.37. The third-order valence-corrected chi connectivity index (χ3v) is 5.46. The van der Waals surface area contributed by atoms with Gasteiger partial charge in [-0.2, -0.15) is 0 Å². The molecule has 4 aromatic rings. The summed E-state index contributed by atoms with van der Waals surface area (Å²) < 4.78 is 11.6. The maximum Gasteiger partial charge on any atom is 0.157 e. The lowest BCUT2D eigenvalue weighted by atomic mass is 10.2. The maximum absolute atomic E-state index is 6.40. The van der Waals surface area contributed by atoms with Gasteiger partial charge in [-0.1, -0.05) is 71.2 Å². The first-order valence-electron chi connectivity index (χ1n) is 9.81. The fraction of sp³-hybridized carbons (Fsp3) is 0.0385. The quantitative estimate of drug-likeness (QED) is 0.246. The molecule has 0 fully saturated rings. The van der Waals surface area contributed by atoms with Gasteiger partial charge >= 0.3 is 0 Å². The molecule has 0 N–H and O–H groups in total. The number of para-hydroxylation sites is 1. The van der Waals surface area contributed by atoms with Crippen LogP contribution in [0, 0.1) is 0 Å². The number of aliphatic imine (C=N–C) groups is 1. The molecule has 0 heterocycles. The molecule has 160 valence electrons. The molecule has 0 radical (unpaired) electrons. The topological polar surface area (TPSA) is 30.8 Å². The molecular weight excluding hydrogens is 465 g/mol. The number of halogens is 3. The Hall–Kier alpha value is -2.98. The van der Waals surface area contributed by atoms with Crippen LogP contribution in [-0.2, 0) is 6.61 Å². The number of nitrogens with zero attached hydrogens (tertiary/aromatic N) is 1. The van der Waals surface area contributed by atoms with Gasteiger partial charge in [-0.05, 0) is 60.2 Å². The molecular formula is C26H18Cl3NO2. The van der Waals surface area contributed by atoms with Crippen LogP contribution in [0.4, 0.5) is 5.69 Å². The van der Waals surface area contributed by atoms with E-state index >= 15 is 0 Å². The molecule has 0 aromatic heterocycles. The largest absolute Gasteiger partial charge is 0.486 e. The molecule has 0 unspecified atom stereocenters. The summed E-state index contributed by atoms with van der Waals surface area (Å²) in [5.41, 5.74) is 2.39. The van der Waals surface area contributed by atoms with E-state index < -0.39 is 0 Å². The Morgan fingerprint density at radius 3 is 2.00 bits per heavy atom. The Morgan fingerprint density at radius 2 is 1.31 bits per heavy atom. The molecule has 0 aliphatic rings. The minimum atomic E-state index is 0.268. The number of hydrogen-bond donors (Lipinski definition) is 0. The van der Waals surface area contributed by atoms with Crippen molar-refractivity contribution in [3.8, 4) is 17.2 Å². The Balaban J connectivity index is 1.42. The molecule has 0 aliphatic heterocycles. The van der Waals surface area contributed by atoms with E-state index in [2.05, 4.69) is 4.99 Å². The van der Waals surface area contributed by atoms with Crippen molar-refractivity contribution in [2.24, 2.45) is 4.99 Å². The van der Waals surface area contributed by atoms with E-state index in [1.807, 2.05) is 78.9 Å². The third-order valence-electron chi connectivity index (χ3n) is 4.53. The summed E-state index contributed by atoms with van der Waals surface area (Å²) in [5.74, 6) is 1.93. The molecule has 4 rings (SSSR count). The number of hydrogen-bond acceptors (Lipinski definition) is 3. The highest BCUT2D eigenvalue weighted by Gasteiger charge is 2.10. The van der Waals surface area contributed by atoms with Gasteiger partial charge in [0.15, 0.2) is 5.75 Å². The van der Waals surface area contributed by atoms with E-state index in [0.717, 1.165) is 28.3 Å². The zero-order valence-electron chi connectivity index (χ0n) is 16.8. The van der Waals surface area contributed by atoms with Crippen molar-refractivity contribution in [3.05, 3.63) is 117 Å². The normalized spacial score (nSPS) is 11.0. The molecule has 0 atom stereocenters. The van der Waals surface area contributed by atoms with Crippen LogP contribution in [0.15, 0.2) is 96.0 Å². The standard InChI is InChI=1S/C26H18Cl3NO2/c27-23-9-5-4-6-19(23)17-31-26-24(28)14-18(15-25(26)29)16-30-20-10-12-22(13-11-20)32-21-7-2-1-3-8-21/h1-16H,17H2. The zero-order valence-corrected chi connectivity index (χ0v) is 19.1. The van der Waals surface area contributed by atoms with Crippen LogP contribution in [0.5, 0.6) is 17.2 Å². The van der Waals surface area contributed by atoms with Crippen LogP contribution in [-0.4, -0.2) is 6.21 Å². The van der Waals surface area contributed by atoms with E-state index in [0.29, 0.717) is 20.8 Å². The highest BCUT2D eigenvalue weighted by Crippen LogP contribution is 2.35. The maximum atomic E-state index is 6.40. The van der Waals surface area contributed by atoms with Gasteiger partial charge in [0.25, 0.3) is 0 Å². The van der Waals surface area contributed by atoms with E-state index in [-0.39, 0.29) is 6.61 Å². The predicted molar refractivity (Wildman–Crippen MR) is 132 cm³/mol. The van der Waals surface area contributed by atoms with Gasteiger partial charge < -0.3 is 9.47 Å². The van der Waals surface area contributed by atoms with Crippen LogP contribution in [0.2, 0.25) is 15.1 Å². The Morgan fingerprint density at radius 1 is 0.688 bits per heavy atom. The molecule has 32 heavy (non-hydrogen) atoms. The summed E-state index contributed by atoms with van der Waals surface area (Å²) in [4.78, 5) is 4.49. The van der Waals surface area contributed by atoms with Gasteiger partial charge in [0.2, 0.25) is 0 Å². The molecule has 0 aliphatic carbocycles. The average molecular weight is 483 g/mol. The predicted octanol–water partition coefficient (Wildman–Crippen LogP) is 8.77. The van der Waals surface area contributed by atoms with Gasteiger partial charge in [-0.25, -0.2) is 0 Å². The monoisotopic (exact) mass is 481 g/mol. The van der Waals surface area contributed by atoms with Crippen molar-refractivity contribution in [3.63, 3.8) is 0 Å². The molecule has 4 aromatic carbocycles. The first kappa shape index (κ1) is 22.2. The molecule has 0 saturated carbocycles. The van der Waals surface area contributed by atoms with Crippen molar-refractivity contribution >= 4 is 46.7 Å². The van der Waals surface area contributed by atoms with Crippen molar-refractivity contribution in [1.82, 2.24) is 0 Å². The smallest absolute Gasteiger partial charge is 0.157 e. The minimum absolute atomic E-state index is 0.268. The van der Waals surface area contributed by atoms with E-state index in [1.54, 1.807) is 18.3 Å². The van der Waals surface area contributed by atoms with Gasteiger partial charge in [0, 0.05) is 16.8 Å². The summed E-state index contributed by atoms with van der Waals surface area (Å²) in [7, 11) is 0. The lowest BCUT2D eigenvalue weighted by molar-refractivity contribution is 0.306. The summed E-state index contributed by atoms with van der Waals surface area (Å²) >= 11 is 19.0. The minimum Gasteiger partial charge on any atom is -0.486 e. The zero-order chi connectivity index (χ0) is 22.3. The van der Waals surface area contributed by atoms with Crippen molar-refractivity contribution in [2.45, 2.75) is 6.61 Å². The van der Waals surface area contributed by atoms with Crippen LogP contribution in [0.1, 0.15) is 11.1 Å². The summed E-state index contributed by atoms with van der Waals surface area (Å²) in [5, 5.41) is 1.43. The van der Waals surface area contributed by atoms with Gasteiger partial charge in [0.05, 0.1) is 15.7 Å². The molecule has 0 bridgehead atoms. The van der Waals surface area contributed by atoms with E-state index in [1.165, 1.54) is 0 Å². The first-order chi connectivity index (χ1) is 15.6. The van der Waals surface area contributed by atoms with Crippen LogP contribution >= 0.6 is 34.8 Å². The van der Waals surface area contributed by atoms with Crippen LogP contribution < -0.4 is 9.47 Å². The number of benzene rings is 4. The fourth-order valence-corrected chi connectivity index (χ4v) is 3.73. The third kappa shape index (κ3) is 5.83. The second-order valence-corrected chi connectivity index (χ2v) is 8.08. The Labute approximate surface area is 201 Å². The SMILES string of the molecule is Clc1ccccc1COc1c(Cl)cc(C=Nc2ccc(Oc3ccccc3)cc2)cc1Cl. The molecule has 0 spiro atoms. The van der Waals surface area contributed by atoms with E-state index in [9.17, 15) is 0 Å². The number of ether oxygens (including phenoxy) is 2. The van der Waals surface area contributed by atoms with Crippen molar-refractivity contribution in [1.29, 1.82) is 0 Å². The van der Waals surface area contributed by atoms with Crippen LogP contribution in [0.25, 0.3) is 0 Å². The highest BCUT2D eigenvalue weighted by atomic mass is 35.5. The van der Waals surface area contributed by atoms with Gasteiger partial charge in [0.1, 0.15) is 18.1 Å². The molecule has 3 nitrogen and oxygen atoms in total. The Kier molecular flexibility index (Phi) is 7.33. The van der Waals surface area contributed by atoms with Crippen molar-refractivity contribution < 1.29 is 9.47 Å². The molecule has 0 amide bonds. The summed E-state index contributed by atoms with van der Waals surface area (Å²) in [6, 6.07) is 28.1. The summed E-state index contributed by atoms with van der Waals surface area (Å²) in [6.07, 6.45) is 1.70. The second kappa shape index (κ2) is 10.6. The molecule has 0 saturated heterocycles. The fourth-order valence-electron chi connectivity index (χ4n) is 2.93. The number of rotatable bonds is 7. The lowest BCUT2D eigenvalue weighted by Gasteiger charge is -2.11. The Bertz CT molecular complexity index is 1200. The average Bonchev–Trinajstić information content (AvgIpc) is 2.80. The van der Waals surface area contributed by atoms with Gasteiger partial charge in [-0.3, -0.25) is 4.99 Å². The first-order valence-corrected chi connectivity index (χ1v) is 10.9. The lowest BCUT2D eigenvalue weighted by Crippen LogP contribution is -1.98. The molecule has 6 heteroatoms. The second-order valence-electron chi connectivity index (χ2n) is 6.86. The van der Waals surface area contributed by atoms with Gasteiger partial charge in [-0.15, -0.1) is 0 Å². The van der Waals surface area contributed by atoms with E-state index in [4.69, 9.17) is 44.3 Å².